The summed E-state index contributed by atoms with van der Waals surface area (Å²) in [6, 6.07) is 1.05. The molecule has 2 rings (SSSR count). The Labute approximate surface area is 161 Å². The Hall–Kier alpha value is -0.410. The van der Waals surface area contributed by atoms with Crippen molar-refractivity contribution >= 4 is 41.3 Å². The highest BCUT2D eigenvalue weighted by atomic mass is 127. The summed E-state index contributed by atoms with van der Waals surface area (Å²) in [4.78, 5) is 12.7. The standard InChI is InChI=1S/C16H29N5S.HI/c1-10(2)21-8-11(3)14(9-21)20-16(17-6)18-7-15-19-12(4)13(5)22-15;/h10-11,14H,7-9H2,1-6H3,(H2,17,18,20);1H. The summed E-state index contributed by atoms with van der Waals surface area (Å²) in [5.74, 6) is 1.50. The van der Waals surface area contributed by atoms with E-state index in [0.717, 1.165) is 36.3 Å². The molecule has 1 aliphatic heterocycles. The second-order valence-electron chi connectivity index (χ2n) is 6.45. The number of hydrogen-bond acceptors (Lipinski definition) is 4. The molecule has 0 aromatic carbocycles. The van der Waals surface area contributed by atoms with Gasteiger partial charge in [0, 0.05) is 37.1 Å². The molecular formula is C16H30IN5S. The zero-order valence-corrected chi connectivity index (χ0v) is 18.2. The van der Waals surface area contributed by atoms with Crippen LogP contribution in [0.15, 0.2) is 4.99 Å². The zero-order valence-electron chi connectivity index (χ0n) is 15.0. The van der Waals surface area contributed by atoms with Crippen LogP contribution in [-0.4, -0.2) is 48.1 Å². The van der Waals surface area contributed by atoms with E-state index in [1.54, 1.807) is 11.3 Å². The predicted octanol–water partition coefficient (Wildman–Crippen LogP) is 2.77. The molecule has 7 heteroatoms. The van der Waals surface area contributed by atoms with Crippen molar-refractivity contribution in [2.75, 3.05) is 20.1 Å². The van der Waals surface area contributed by atoms with E-state index in [1.807, 2.05) is 7.05 Å². The molecular weight excluding hydrogens is 421 g/mol. The lowest BCUT2D eigenvalue weighted by atomic mass is 10.1. The first-order chi connectivity index (χ1) is 10.4. The molecule has 0 aliphatic carbocycles. The number of halogens is 1. The van der Waals surface area contributed by atoms with Crippen LogP contribution in [-0.2, 0) is 6.54 Å². The summed E-state index contributed by atoms with van der Waals surface area (Å²) in [5, 5.41) is 8.06. The lowest BCUT2D eigenvalue weighted by Gasteiger charge is -2.21. The van der Waals surface area contributed by atoms with Gasteiger partial charge in [-0.15, -0.1) is 35.3 Å². The maximum atomic E-state index is 4.56. The SMILES string of the molecule is CN=C(NCc1nc(C)c(C)s1)NC1CN(C(C)C)CC1C.I. The number of guanidine groups is 1. The van der Waals surface area contributed by atoms with Crippen molar-refractivity contribution < 1.29 is 0 Å². The molecule has 0 amide bonds. The van der Waals surface area contributed by atoms with Crippen molar-refractivity contribution in [2.45, 2.75) is 53.2 Å². The van der Waals surface area contributed by atoms with Crippen molar-refractivity contribution in [3.05, 3.63) is 15.6 Å². The number of rotatable bonds is 4. The van der Waals surface area contributed by atoms with Crippen molar-refractivity contribution in [3.8, 4) is 0 Å². The number of likely N-dealkylation sites (tertiary alicyclic amines) is 1. The Balaban J connectivity index is 0.00000264. The fourth-order valence-corrected chi connectivity index (χ4v) is 3.63. The van der Waals surface area contributed by atoms with E-state index in [1.165, 1.54) is 4.88 Å². The Morgan fingerprint density at radius 1 is 1.39 bits per heavy atom. The first-order valence-electron chi connectivity index (χ1n) is 8.04. The first kappa shape index (κ1) is 20.6. The molecule has 2 N–H and O–H groups in total. The number of aliphatic imine (C=N–C) groups is 1. The van der Waals surface area contributed by atoms with E-state index in [-0.39, 0.29) is 24.0 Å². The van der Waals surface area contributed by atoms with E-state index in [0.29, 0.717) is 18.0 Å². The Morgan fingerprint density at radius 3 is 2.57 bits per heavy atom. The van der Waals surface area contributed by atoms with Crippen LogP contribution in [0.1, 0.15) is 36.3 Å². The molecule has 1 saturated heterocycles. The van der Waals surface area contributed by atoms with Gasteiger partial charge in [0.15, 0.2) is 5.96 Å². The smallest absolute Gasteiger partial charge is 0.191 e. The molecule has 5 nitrogen and oxygen atoms in total. The van der Waals surface area contributed by atoms with Gasteiger partial charge in [-0.1, -0.05) is 6.92 Å². The van der Waals surface area contributed by atoms with Gasteiger partial charge >= 0.3 is 0 Å². The minimum atomic E-state index is 0. The summed E-state index contributed by atoms with van der Waals surface area (Å²) in [7, 11) is 1.83. The van der Waals surface area contributed by atoms with Crippen LogP contribution in [0.5, 0.6) is 0 Å². The van der Waals surface area contributed by atoms with Crippen molar-refractivity contribution in [1.82, 2.24) is 20.5 Å². The van der Waals surface area contributed by atoms with Crippen molar-refractivity contribution in [3.63, 3.8) is 0 Å². The van der Waals surface area contributed by atoms with Crippen molar-refractivity contribution in [1.29, 1.82) is 0 Å². The van der Waals surface area contributed by atoms with Gasteiger partial charge in [-0.25, -0.2) is 4.98 Å². The number of hydrogen-bond donors (Lipinski definition) is 2. The van der Waals surface area contributed by atoms with Gasteiger partial charge in [0.1, 0.15) is 5.01 Å². The molecule has 2 unspecified atom stereocenters. The quantitative estimate of drug-likeness (QED) is 0.420. The molecule has 0 spiro atoms. The predicted molar refractivity (Wildman–Crippen MR) is 110 cm³/mol. The highest BCUT2D eigenvalue weighted by Gasteiger charge is 2.31. The lowest BCUT2D eigenvalue weighted by Crippen LogP contribution is -2.46. The molecule has 23 heavy (non-hydrogen) atoms. The van der Waals surface area contributed by atoms with E-state index in [4.69, 9.17) is 0 Å². The van der Waals surface area contributed by atoms with E-state index in [9.17, 15) is 0 Å². The third-order valence-corrected chi connectivity index (χ3v) is 5.47. The second-order valence-corrected chi connectivity index (χ2v) is 7.74. The van der Waals surface area contributed by atoms with E-state index < -0.39 is 0 Å². The fourth-order valence-electron chi connectivity index (χ4n) is 2.76. The number of aryl methyl sites for hydroxylation is 2. The molecule has 2 atom stereocenters. The molecule has 1 aliphatic rings. The van der Waals surface area contributed by atoms with E-state index in [2.05, 4.69) is 60.1 Å². The maximum Gasteiger partial charge on any atom is 0.191 e. The second kappa shape index (κ2) is 9.17. The summed E-state index contributed by atoms with van der Waals surface area (Å²) in [6.07, 6.45) is 0. The van der Waals surface area contributed by atoms with Gasteiger partial charge in [0.25, 0.3) is 0 Å². The highest BCUT2D eigenvalue weighted by molar-refractivity contribution is 14.0. The Kier molecular flexibility index (Phi) is 8.23. The third-order valence-electron chi connectivity index (χ3n) is 4.40. The largest absolute Gasteiger partial charge is 0.352 e. The normalized spacial score (nSPS) is 22.3. The molecule has 132 valence electrons. The maximum absolute atomic E-state index is 4.56. The lowest BCUT2D eigenvalue weighted by molar-refractivity contribution is 0.265. The average molecular weight is 451 g/mol. The zero-order chi connectivity index (χ0) is 16.3. The third kappa shape index (κ3) is 5.56. The monoisotopic (exact) mass is 451 g/mol. The van der Waals surface area contributed by atoms with Crippen LogP contribution in [0.4, 0.5) is 0 Å². The summed E-state index contributed by atoms with van der Waals surface area (Å²) >= 11 is 1.75. The molecule has 1 fully saturated rings. The highest BCUT2D eigenvalue weighted by Crippen LogP contribution is 2.19. The number of nitrogens with one attached hydrogen (secondary N) is 2. The number of nitrogens with zero attached hydrogens (tertiary/aromatic N) is 3. The topological polar surface area (TPSA) is 52.6 Å². The average Bonchev–Trinajstić information content (AvgIpc) is 2.98. The van der Waals surface area contributed by atoms with Crippen LogP contribution in [0.3, 0.4) is 0 Å². The van der Waals surface area contributed by atoms with E-state index >= 15 is 0 Å². The van der Waals surface area contributed by atoms with Crippen LogP contribution in [0, 0.1) is 19.8 Å². The van der Waals surface area contributed by atoms with Gasteiger partial charge in [-0.2, -0.15) is 0 Å². The fraction of sp³-hybridized carbons (Fsp3) is 0.750. The van der Waals surface area contributed by atoms with Gasteiger partial charge in [0.2, 0.25) is 0 Å². The Bertz CT molecular complexity index is 509. The molecule has 0 saturated carbocycles. The Morgan fingerprint density at radius 2 is 2.09 bits per heavy atom. The summed E-state index contributed by atoms with van der Waals surface area (Å²) < 4.78 is 0. The minimum Gasteiger partial charge on any atom is -0.352 e. The summed E-state index contributed by atoms with van der Waals surface area (Å²) in [5.41, 5.74) is 1.13. The first-order valence-corrected chi connectivity index (χ1v) is 8.86. The molecule has 1 aromatic heterocycles. The number of aromatic nitrogens is 1. The molecule has 0 bridgehead atoms. The van der Waals surface area contributed by atoms with Gasteiger partial charge in [-0.05, 0) is 33.6 Å². The number of thiazole rings is 1. The molecule has 0 radical (unpaired) electrons. The molecule has 1 aromatic rings. The van der Waals surface area contributed by atoms with Gasteiger partial charge in [-0.3, -0.25) is 9.89 Å². The van der Waals surface area contributed by atoms with Crippen LogP contribution in [0.25, 0.3) is 0 Å². The van der Waals surface area contributed by atoms with Crippen molar-refractivity contribution in [2.24, 2.45) is 10.9 Å². The van der Waals surface area contributed by atoms with Crippen LogP contribution >= 0.6 is 35.3 Å². The van der Waals surface area contributed by atoms with Gasteiger partial charge < -0.3 is 10.6 Å². The minimum absolute atomic E-state index is 0. The van der Waals surface area contributed by atoms with Crippen LogP contribution in [0.2, 0.25) is 0 Å². The van der Waals surface area contributed by atoms with Gasteiger partial charge in [0.05, 0.1) is 12.2 Å². The molecule has 2 heterocycles. The van der Waals surface area contributed by atoms with Crippen LogP contribution < -0.4 is 10.6 Å². The summed E-state index contributed by atoms with van der Waals surface area (Å²) in [6.45, 7) is 14.0.